The second-order valence-electron chi connectivity index (χ2n) is 5.72. The van der Waals surface area contributed by atoms with Crippen LogP contribution in [-0.4, -0.2) is 30.3 Å². The van der Waals surface area contributed by atoms with Gasteiger partial charge in [0.15, 0.2) is 0 Å². The Bertz CT molecular complexity index is 820. The quantitative estimate of drug-likeness (QED) is 0.793. The summed E-state index contributed by atoms with van der Waals surface area (Å²) in [5.41, 5.74) is 2.50. The highest BCUT2D eigenvalue weighted by Gasteiger charge is 2.20. The molecule has 25 heavy (non-hydrogen) atoms. The number of hydrogen-bond acceptors (Lipinski definition) is 2. The third kappa shape index (κ3) is 4.50. The Morgan fingerprint density at radius 1 is 1.12 bits per heavy atom. The highest BCUT2D eigenvalue weighted by atomic mass is 35.5. The van der Waals surface area contributed by atoms with Crippen LogP contribution in [0.5, 0.6) is 0 Å². The number of carbonyl (C=O) groups excluding carboxylic acids is 2. The zero-order valence-corrected chi connectivity index (χ0v) is 15.5. The first kappa shape index (κ1) is 19.2. The van der Waals surface area contributed by atoms with Gasteiger partial charge in [-0.25, -0.2) is 4.39 Å². The van der Waals surface area contributed by atoms with Crippen molar-refractivity contribution in [2.45, 2.75) is 13.8 Å². The highest BCUT2D eigenvalue weighted by Crippen LogP contribution is 2.25. The predicted octanol–water partition coefficient (Wildman–Crippen LogP) is 4.46. The minimum Gasteiger partial charge on any atom is -0.332 e. The van der Waals surface area contributed by atoms with Crippen LogP contribution >= 0.6 is 23.2 Å². The molecule has 0 radical (unpaired) electrons. The lowest BCUT2D eigenvalue weighted by Crippen LogP contribution is -2.35. The number of anilines is 1. The molecule has 0 bridgehead atoms. The summed E-state index contributed by atoms with van der Waals surface area (Å²) in [5, 5.41) is 2.65. The van der Waals surface area contributed by atoms with Crippen molar-refractivity contribution in [1.82, 2.24) is 4.90 Å². The number of likely N-dealkylation sites (N-methyl/N-ethyl adjacent to an activating group) is 1. The average Bonchev–Trinajstić information content (AvgIpc) is 2.54. The maximum Gasteiger partial charge on any atom is 0.255 e. The summed E-state index contributed by atoms with van der Waals surface area (Å²) in [4.78, 5) is 25.8. The van der Waals surface area contributed by atoms with Gasteiger partial charge in [0.25, 0.3) is 5.91 Å². The molecule has 0 aromatic heterocycles. The van der Waals surface area contributed by atoms with E-state index in [1.165, 1.54) is 7.05 Å². The summed E-state index contributed by atoms with van der Waals surface area (Å²) in [7, 11) is 1.44. The van der Waals surface area contributed by atoms with Gasteiger partial charge in [-0.15, -0.1) is 0 Å². The van der Waals surface area contributed by atoms with Gasteiger partial charge in [0.05, 0.1) is 22.2 Å². The van der Waals surface area contributed by atoms with Crippen LogP contribution < -0.4 is 5.32 Å². The van der Waals surface area contributed by atoms with Crippen LogP contribution in [0.2, 0.25) is 10.0 Å². The average molecular weight is 383 g/mol. The summed E-state index contributed by atoms with van der Waals surface area (Å²) in [6.07, 6.45) is 0. The van der Waals surface area contributed by atoms with E-state index in [9.17, 15) is 14.0 Å². The minimum absolute atomic E-state index is 0.0263. The van der Waals surface area contributed by atoms with E-state index in [1.54, 1.807) is 0 Å². The molecule has 0 saturated carbocycles. The summed E-state index contributed by atoms with van der Waals surface area (Å²) in [6.45, 7) is 3.56. The number of nitrogens with one attached hydrogen (secondary N) is 1. The summed E-state index contributed by atoms with van der Waals surface area (Å²) in [6, 6.07) is 7.79. The van der Waals surface area contributed by atoms with Gasteiger partial charge in [-0.1, -0.05) is 41.4 Å². The smallest absolute Gasteiger partial charge is 0.255 e. The van der Waals surface area contributed by atoms with Crippen molar-refractivity contribution in [2.75, 3.05) is 18.9 Å². The summed E-state index contributed by atoms with van der Waals surface area (Å²) >= 11 is 11.6. The van der Waals surface area contributed by atoms with E-state index < -0.39 is 11.7 Å². The molecule has 4 nitrogen and oxygen atoms in total. The van der Waals surface area contributed by atoms with E-state index in [0.29, 0.717) is 5.69 Å². The molecule has 2 aromatic rings. The van der Waals surface area contributed by atoms with Crippen LogP contribution in [0.4, 0.5) is 10.1 Å². The van der Waals surface area contributed by atoms with Gasteiger partial charge >= 0.3 is 0 Å². The predicted molar refractivity (Wildman–Crippen MR) is 97.9 cm³/mol. The van der Waals surface area contributed by atoms with Crippen LogP contribution in [-0.2, 0) is 4.79 Å². The molecule has 1 N–H and O–H groups in total. The van der Waals surface area contributed by atoms with E-state index >= 15 is 0 Å². The molecule has 0 aliphatic heterocycles. The molecule has 2 rings (SSSR count). The molecule has 0 aliphatic rings. The van der Waals surface area contributed by atoms with E-state index in [0.717, 1.165) is 28.2 Å². The Hall–Kier alpha value is -2.11. The first-order valence-corrected chi connectivity index (χ1v) is 8.22. The van der Waals surface area contributed by atoms with E-state index in [2.05, 4.69) is 5.32 Å². The molecule has 0 heterocycles. The molecular formula is C18H17Cl2FN2O2. The number of para-hydroxylation sites is 1. The van der Waals surface area contributed by atoms with Crippen LogP contribution in [0.25, 0.3) is 0 Å². The lowest BCUT2D eigenvalue weighted by atomic mass is 10.1. The molecule has 2 aromatic carbocycles. The van der Waals surface area contributed by atoms with Crippen molar-refractivity contribution in [1.29, 1.82) is 0 Å². The van der Waals surface area contributed by atoms with Gasteiger partial charge in [-0.05, 0) is 37.1 Å². The van der Waals surface area contributed by atoms with Crippen molar-refractivity contribution in [3.05, 3.63) is 62.9 Å². The second kappa shape index (κ2) is 7.85. The largest absolute Gasteiger partial charge is 0.332 e. The monoisotopic (exact) mass is 382 g/mol. The Morgan fingerprint density at radius 2 is 1.72 bits per heavy atom. The molecule has 0 unspecified atom stereocenters. The Labute approximate surface area is 155 Å². The SMILES string of the molecule is Cc1cccc(C)c1NC(=O)CN(C)C(=O)c1cc(F)c(Cl)cc1Cl. The van der Waals surface area contributed by atoms with Gasteiger partial charge in [0.2, 0.25) is 5.91 Å². The molecule has 7 heteroatoms. The zero-order chi connectivity index (χ0) is 18.7. The van der Waals surface area contributed by atoms with Crippen LogP contribution in [0.1, 0.15) is 21.5 Å². The first-order valence-electron chi connectivity index (χ1n) is 7.46. The molecular weight excluding hydrogens is 366 g/mol. The van der Waals surface area contributed by atoms with Gasteiger partial charge in [0.1, 0.15) is 5.82 Å². The third-order valence-electron chi connectivity index (χ3n) is 3.71. The number of amides is 2. The van der Waals surface area contributed by atoms with E-state index in [-0.39, 0.29) is 28.1 Å². The van der Waals surface area contributed by atoms with E-state index in [1.807, 2.05) is 32.0 Å². The third-order valence-corrected chi connectivity index (χ3v) is 4.32. The van der Waals surface area contributed by atoms with Gasteiger partial charge in [-0.3, -0.25) is 9.59 Å². The number of aryl methyl sites for hydroxylation is 2. The normalized spacial score (nSPS) is 10.5. The van der Waals surface area contributed by atoms with Gasteiger partial charge < -0.3 is 10.2 Å². The maximum absolute atomic E-state index is 13.6. The Kier molecular flexibility index (Phi) is 6.03. The number of hydrogen-bond donors (Lipinski definition) is 1. The maximum atomic E-state index is 13.6. The van der Waals surface area contributed by atoms with Gasteiger partial charge in [0, 0.05) is 12.7 Å². The fraction of sp³-hybridized carbons (Fsp3) is 0.222. The molecule has 2 amide bonds. The van der Waals surface area contributed by atoms with Crippen molar-refractivity contribution in [3.63, 3.8) is 0 Å². The zero-order valence-electron chi connectivity index (χ0n) is 14.0. The molecule has 0 atom stereocenters. The fourth-order valence-electron chi connectivity index (χ4n) is 2.37. The van der Waals surface area contributed by atoms with Gasteiger partial charge in [-0.2, -0.15) is 0 Å². The topological polar surface area (TPSA) is 49.4 Å². The van der Waals surface area contributed by atoms with Crippen LogP contribution in [0.3, 0.4) is 0 Å². The highest BCUT2D eigenvalue weighted by molar-refractivity contribution is 6.36. The lowest BCUT2D eigenvalue weighted by Gasteiger charge is -2.19. The van der Waals surface area contributed by atoms with Crippen LogP contribution in [0, 0.1) is 19.7 Å². The molecule has 132 valence electrons. The standard InChI is InChI=1S/C18H17Cl2FN2O2/c1-10-5-4-6-11(2)17(10)22-16(24)9-23(3)18(25)12-7-15(21)14(20)8-13(12)19/h4-8H,9H2,1-3H3,(H,22,24). The van der Waals surface area contributed by atoms with Crippen LogP contribution in [0.15, 0.2) is 30.3 Å². The van der Waals surface area contributed by atoms with E-state index in [4.69, 9.17) is 23.2 Å². The number of halogens is 3. The minimum atomic E-state index is -0.747. The summed E-state index contributed by atoms with van der Waals surface area (Å²) < 4.78 is 13.6. The number of nitrogens with zero attached hydrogens (tertiary/aromatic N) is 1. The summed E-state index contributed by atoms with van der Waals surface area (Å²) in [5.74, 6) is -1.68. The number of carbonyl (C=O) groups is 2. The second-order valence-corrected chi connectivity index (χ2v) is 6.54. The number of benzene rings is 2. The Balaban J connectivity index is 2.11. The fourth-order valence-corrected chi connectivity index (χ4v) is 2.83. The van der Waals surface area contributed by atoms with Crippen molar-refractivity contribution < 1.29 is 14.0 Å². The van der Waals surface area contributed by atoms with Crippen molar-refractivity contribution in [2.24, 2.45) is 0 Å². The number of rotatable bonds is 4. The molecule has 0 fully saturated rings. The molecule has 0 saturated heterocycles. The van der Waals surface area contributed by atoms with Crippen molar-refractivity contribution >= 4 is 40.7 Å². The first-order chi connectivity index (χ1) is 11.7. The lowest BCUT2D eigenvalue weighted by molar-refractivity contribution is -0.116. The Morgan fingerprint density at radius 3 is 2.32 bits per heavy atom. The molecule has 0 spiro atoms. The molecule has 0 aliphatic carbocycles. The van der Waals surface area contributed by atoms with Crippen molar-refractivity contribution in [3.8, 4) is 0 Å².